The Hall–Kier alpha value is -1.32. The third-order valence-electron chi connectivity index (χ3n) is 2.65. The largest absolute Gasteiger partial charge is 0.478 e. The lowest BCUT2D eigenvalue weighted by Crippen LogP contribution is -2.21. The molecule has 1 unspecified atom stereocenters. The van der Waals surface area contributed by atoms with Crippen LogP contribution >= 0.6 is 0 Å². The zero-order valence-corrected chi connectivity index (χ0v) is 11.2. The average Bonchev–Trinajstić information content (AvgIpc) is 2.10. The first-order chi connectivity index (χ1) is 7.68. The predicted molar refractivity (Wildman–Crippen MR) is 65.8 cm³/mol. The number of hydrogen-bond donors (Lipinski definition) is 2. The van der Waals surface area contributed by atoms with Crippen molar-refractivity contribution in [2.75, 3.05) is 0 Å². The van der Waals surface area contributed by atoms with Crippen molar-refractivity contribution in [2.45, 2.75) is 41.0 Å². The molecular formula is C13H22O4. The number of carboxylic acids is 2. The summed E-state index contributed by atoms with van der Waals surface area (Å²) in [7, 11) is 0. The fourth-order valence-electron chi connectivity index (χ4n) is 2.09. The molecule has 4 nitrogen and oxygen atoms in total. The number of rotatable bonds is 6. The SMILES string of the molecule is CC(C)CC(C)/C(C(=O)O)=C(\C(=O)O)C(C)C. The van der Waals surface area contributed by atoms with Crippen molar-refractivity contribution in [1.82, 2.24) is 0 Å². The Morgan fingerprint density at radius 3 is 1.53 bits per heavy atom. The average molecular weight is 242 g/mol. The highest BCUT2D eigenvalue weighted by atomic mass is 16.4. The van der Waals surface area contributed by atoms with Gasteiger partial charge >= 0.3 is 11.9 Å². The van der Waals surface area contributed by atoms with E-state index in [1.54, 1.807) is 20.8 Å². The minimum absolute atomic E-state index is 0.0191. The van der Waals surface area contributed by atoms with E-state index in [9.17, 15) is 14.7 Å². The van der Waals surface area contributed by atoms with Crippen LogP contribution in [0.15, 0.2) is 11.1 Å². The van der Waals surface area contributed by atoms with Gasteiger partial charge in [0, 0.05) is 0 Å². The molecule has 0 aromatic rings. The molecule has 17 heavy (non-hydrogen) atoms. The van der Waals surface area contributed by atoms with E-state index in [0.717, 1.165) is 0 Å². The molecule has 0 saturated carbocycles. The third kappa shape index (κ3) is 4.59. The Morgan fingerprint density at radius 2 is 1.29 bits per heavy atom. The molecule has 0 aliphatic rings. The van der Waals surface area contributed by atoms with Gasteiger partial charge in [0.15, 0.2) is 0 Å². The molecule has 0 saturated heterocycles. The van der Waals surface area contributed by atoms with Gasteiger partial charge in [0.2, 0.25) is 0 Å². The smallest absolute Gasteiger partial charge is 0.332 e. The summed E-state index contributed by atoms with van der Waals surface area (Å²) in [5.41, 5.74) is 0.0619. The van der Waals surface area contributed by atoms with Gasteiger partial charge in [-0.25, -0.2) is 9.59 Å². The number of hydrogen-bond acceptors (Lipinski definition) is 2. The second kappa shape index (κ2) is 6.42. The molecule has 0 spiro atoms. The molecule has 0 aromatic heterocycles. The van der Waals surface area contributed by atoms with Gasteiger partial charge in [-0.2, -0.15) is 0 Å². The van der Waals surface area contributed by atoms with Crippen LogP contribution in [0.4, 0.5) is 0 Å². The van der Waals surface area contributed by atoms with Crippen LogP contribution in [0.3, 0.4) is 0 Å². The first-order valence-electron chi connectivity index (χ1n) is 5.89. The molecule has 0 radical (unpaired) electrons. The van der Waals surface area contributed by atoms with Crippen molar-refractivity contribution in [3.8, 4) is 0 Å². The molecule has 0 amide bonds. The van der Waals surface area contributed by atoms with Crippen LogP contribution in [0.1, 0.15) is 41.0 Å². The normalized spacial score (nSPS) is 14.8. The molecule has 0 fully saturated rings. The molecule has 0 rings (SSSR count). The van der Waals surface area contributed by atoms with Gasteiger partial charge in [-0.05, 0) is 24.2 Å². The van der Waals surface area contributed by atoms with E-state index in [1.165, 1.54) is 0 Å². The van der Waals surface area contributed by atoms with Crippen LogP contribution in [0.2, 0.25) is 0 Å². The van der Waals surface area contributed by atoms with E-state index >= 15 is 0 Å². The van der Waals surface area contributed by atoms with Gasteiger partial charge in [0.1, 0.15) is 0 Å². The lowest BCUT2D eigenvalue weighted by Gasteiger charge is -2.19. The zero-order valence-electron chi connectivity index (χ0n) is 11.2. The molecule has 0 aliphatic heterocycles. The van der Waals surface area contributed by atoms with Crippen molar-refractivity contribution >= 4 is 11.9 Å². The molecule has 0 aromatic carbocycles. The van der Waals surface area contributed by atoms with Gasteiger partial charge in [-0.3, -0.25) is 0 Å². The van der Waals surface area contributed by atoms with Gasteiger partial charge in [0.05, 0.1) is 11.1 Å². The lowest BCUT2D eigenvalue weighted by atomic mass is 9.85. The molecular weight excluding hydrogens is 220 g/mol. The highest BCUT2D eigenvalue weighted by molar-refractivity contribution is 5.99. The number of carbonyl (C=O) groups is 2. The summed E-state index contributed by atoms with van der Waals surface area (Å²) < 4.78 is 0. The molecule has 1 atom stereocenters. The van der Waals surface area contributed by atoms with Crippen LogP contribution in [0, 0.1) is 17.8 Å². The predicted octanol–water partition coefficient (Wildman–Crippen LogP) is 2.79. The molecule has 2 N–H and O–H groups in total. The Balaban J connectivity index is 5.52. The highest BCUT2D eigenvalue weighted by Crippen LogP contribution is 2.26. The summed E-state index contributed by atoms with van der Waals surface area (Å²) in [6.07, 6.45) is 0.672. The fraction of sp³-hybridized carbons (Fsp3) is 0.692. The van der Waals surface area contributed by atoms with Crippen LogP contribution in [-0.2, 0) is 9.59 Å². The number of aliphatic carboxylic acids is 2. The summed E-state index contributed by atoms with van der Waals surface area (Å²) in [5, 5.41) is 18.3. The molecule has 0 bridgehead atoms. The maximum Gasteiger partial charge on any atom is 0.332 e. The second-order valence-corrected chi connectivity index (χ2v) is 5.12. The monoisotopic (exact) mass is 242 g/mol. The maximum atomic E-state index is 11.3. The van der Waals surface area contributed by atoms with Crippen LogP contribution in [0.25, 0.3) is 0 Å². The van der Waals surface area contributed by atoms with E-state index in [4.69, 9.17) is 5.11 Å². The Labute approximate surface area is 102 Å². The fourth-order valence-corrected chi connectivity index (χ4v) is 2.09. The molecule has 0 aliphatic carbocycles. The van der Waals surface area contributed by atoms with Crippen molar-refractivity contribution < 1.29 is 19.8 Å². The Bertz CT molecular complexity index is 326. The Morgan fingerprint density at radius 1 is 0.882 bits per heavy atom. The van der Waals surface area contributed by atoms with Crippen LogP contribution in [0.5, 0.6) is 0 Å². The minimum Gasteiger partial charge on any atom is -0.478 e. The summed E-state index contributed by atoms with van der Waals surface area (Å²) in [6, 6.07) is 0. The van der Waals surface area contributed by atoms with Crippen LogP contribution in [-0.4, -0.2) is 22.2 Å². The third-order valence-corrected chi connectivity index (χ3v) is 2.65. The zero-order chi connectivity index (χ0) is 13.7. The second-order valence-electron chi connectivity index (χ2n) is 5.12. The van der Waals surface area contributed by atoms with E-state index in [0.29, 0.717) is 12.3 Å². The summed E-state index contributed by atoms with van der Waals surface area (Å²) in [4.78, 5) is 22.4. The molecule has 0 heterocycles. The van der Waals surface area contributed by atoms with Crippen molar-refractivity contribution in [1.29, 1.82) is 0 Å². The van der Waals surface area contributed by atoms with E-state index in [-0.39, 0.29) is 23.0 Å². The van der Waals surface area contributed by atoms with Gasteiger partial charge in [-0.15, -0.1) is 0 Å². The quantitative estimate of drug-likeness (QED) is 0.702. The number of carboxylic acid groups (broad SMARTS) is 2. The van der Waals surface area contributed by atoms with Crippen molar-refractivity contribution in [2.24, 2.45) is 17.8 Å². The molecule has 98 valence electrons. The minimum atomic E-state index is -1.13. The lowest BCUT2D eigenvalue weighted by molar-refractivity contribution is -0.136. The van der Waals surface area contributed by atoms with E-state index in [1.807, 2.05) is 13.8 Å². The Kier molecular flexibility index (Phi) is 5.93. The molecule has 4 heteroatoms. The van der Waals surface area contributed by atoms with E-state index < -0.39 is 11.9 Å². The van der Waals surface area contributed by atoms with Gasteiger partial charge in [0.25, 0.3) is 0 Å². The summed E-state index contributed by atoms with van der Waals surface area (Å²) in [6.45, 7) is 9.16. The first kappa shape index (κ1) is 15.7. The van der Waals surface area contributed by atoms with Gasteiger partial charge in [-0.1, -0.05) is 34.6 Å². The first-order valence-corrected chi connectivity index (χ1v) is 5.89. The van der Waals surface area contributed by atoms with Gasteiger partial charge < -0.3 is 10.2 Å². The maximum absolute atomic E-state index is 11.3. The summed E-state index contributed by atoms with van der Waals surface area (Å²) >= 11 is 0. The van der Waals surface area contributed by atoms with Crippen LogP contribution < -0.4 is 0 Å². The van der Waals surface area contributed by atoms with Crippen molar-refractivity contribution in [3.63, 3.8) is 0 Å². The topological polar surface area (TPSA) is 74.6 Å². The standard InChI is InChI=1S/C13H22O4/c1-7(2)6-9(5)11(13(16)17)10(8(3)4)12(14)15/h7-9H,6H2,1-5H3,(H,14,15)(H,16,17)/b11-10+. The summed E-state index contributed by atoms with van der Waals surface area (Å²) in [5.74, 6) is -2.46. The van der Waals surface area contributed by atoms with Crippen molar-refractivity contribution in [3.05, 3.63) is 11.1 Å². The highest BCUT2D eigenvalue weighted by Gasteiger charge is 2.27. The van der Waals surface area contributed by atoms with E-state index in [2.05, 4.69) is 0 Å².